The predicted molar refractivity (Wildman–Crippen MR) is 85.8 cm³/mol. The summed E-state index contributed by atoms with van der Waals surface area (Å²) in [6, 6.07) is 5.89. The van der Waals surface area contributed by atoms with Crippen LogP contribution < -0.4 is 5.32 Å². The lowest BCUT2D eigenvalue weighted by molar-refractivity contribution is -0.119. The van der Waals surface area contributed by atoms with Crippen LogP contribution in [-0.4, -0.2) is 31.4 Å². The van der Waals surface area contributed by atoms with Gasteiger partial charge in [-0.15, -0.1) is 0 Å². The van der Waals surface area contributed by atoms with Crippen molar-refractivity contribution in [3.8, 4) is 0 Å². The van der Waals surface area contributed by atoms with Crippen LogP contribution in [0.2, 0.25) is 0 Å². The van der Waals surface area contributed by atoms with Crippen LogP contribution in [-0.2, 0) is 21.1 Å². The van der Waals surface area contributed by atoms with Crippen molar-refractivity contribution < 1.29 is 17.6 Å². The lowest BCUT2D eigenvalue weighted by atomic mass is 9.96. The second kappa shape index (κ2) is 7.72. The van der Waals surface area contributed by atoms with Crippen LogP contribution in [0.5, 0.6) is 0 Å². The number of halogens is 1. The van der Waals surface area contributed by atoms with Gasteiger partial charge in [-0.3, -0.25) is 4.79 Å². The van der Waals surface area contributed by atoms with E-state index < -0.39 is 26.7 Å². The Morgan fingerprint density at radius 3 is 2.14 bits per heavy atom. The SMILES string of the molecule is CC(C)C(Cc1ccc(F)cc1)NC(=O)CS(=O)(=O)C(C)C. The van der Waals surface area contributed by atoms with Gasteiger partial charge in [-0.1, -0.05) is 26.0 Å². The summed E-state index contributed by atoms with van der Waals surface area (Å²) >= 11 is 0. The van der Waals surface area contributed by atoms with Gasteiger partial charge < -0.3 is 5.32 Å². The highest BCUT2D eigenvalue weighted by Gasteiger charge is 2.23. The zero-order valence-electron chi connectivity index (χ0n) is 13.5. The van der Waals surface area contributed by atoms with E-state index in [0.29, 0.717) is 6.42 Å². The Kier molecular flexibility index (Phi) is 6.53. The molecule has 1 atom stereocenters. The van der Waals surface area contributed by atoms with E-state index in [-0.39, 0.29) is 17.8 Å². The Balaban J connectivity index is 2.72. The van der Waals surface area contributed by atoms with Gasteiger partial charge in [-0.2, -0.15) is 0 Å². The Labute approximate surface area is 132 Å². The van der Waals surface area contributed by atoms with Crippen molar-refractivity contribution in [1.82, 2.24) is 5.32 Å². The molecule has 0 aliphatic rings. The number of nitrogens with one attached hydrogen (secondary N) is 1. The van der Waals surface area contributed by atoms with E-state index in [1.807, 2.05) is 13.8 Å². The van der Waals surface area contributed by atoms with Crippen molar-refractivity contribution in [1.29, 1.82) is 0 Å². The van der Waals surface area contributed by atoms with E-state index in [1.54, 1.807) is 26.0 Å². The van der Waals surface area contributed by atoms with Crippen molar-refractivity contribution in [2.24, 2.45) is 5.92 Å². The van der Waals surface area contributed by atoms with Crippen LogP contribution in [0.25, 0.3) is 0 Å². The molecule has 0 radical (unpaired) electrons. The second-order valence-corrected chi connectivity index (χ2v) is 8.66. The molecule has 6 heteroatoms. The Morgan fingerprint density at radius 1 is 1.14 bits per heavy atom. The molecule has 0 aromatic heterocycles. The highest BCUT2D eigenvalue weighted by Crippen LogP contribution is 2.12. The first kappa shape index (κ1) is 18.6. The van der Waals surface area contributed by atoms with E-state index >= 15 is 0 Å². The molecule has 0 spiro atoms. The van der Waals surface area contributed by atoms with Crippen molar-refractivity contribution >= 4 is 15.7 Å². The average Bonchev–Trinajstić information content (AvgIpc) is 2.39. The van der Waals surface area contributed by atoms with Crippen LogP contribution in [0.1, 0.15) is 33.3 Å². The topological polar surface area (TPSA) is 63.2 Å². The molecule has 0 bridgehead atoms. The standard InChI is InChI=1S/C16H24FNO3S/c1-11(2)15(9-13-5-7-14(17)8-6-13)18-16(19)10-22(20,21)12(3)4/h5-8,11-12,15H,9-10H2,1-4H3,(H,18,19). The molecule has 0 aliphatic heterocycles. The molecule has 0 aliphatic carbocycles. The molecule has 0 fully saturated rings. The highest BCUT2D eigenvalue weighted by molar-refractivity contribution is 7.92. The first-order valence-corrected chi connectivity index (χ1v) is 9.08. The Bertz CT molecular complexity index is 594. The van der Waals surface area contributed by atoms with E-state index in [1.165, 1.54) is 12.1 Å². The van der Waals surface area contributed by atoms with E-state index in [0.717, 1.165) is 5.56 Å². The molecular weight excluding hydrogens is 305 g/mol. The van der Waals surface area contributed by atoms with E-state index in [9.17, 15) is 17.6 Å². The molecule has 0 heterocycles. The number of carbonyl (C=O) groups excluding carboxylic acids is 1. The minimum absolute atomic E-state index is 0.135. The van der Waals surface area contributed by atoms with Gasteiger partial charge in [0, 0.05) is 6.04 Å². The van der Waals surface area contributed by atoms with Gasteiger partial charge in [0.25, 0.3) is 0 Å². The summed E-state index contributed by atoms with van der Waals surface area (Å²) in [6.45, 7) is 7.01. The van der Waals surface area contributed by atoms with Crippen LogP contribution >= 0.6 is 0 Å². The summed E-state index contributed by atoms with van der Waals surface area (Å²) < 4.78 is 36.5. The van der Waals surface area contributed by atoms with Gasteiger partial charge in [0.15, 0.2) is 9.84 Å². The molecule has 1 unspecified atom stereocenters. The Morgan fingerprint density at radius 2 is 1.68 bits per heavy atom. The zero-order valence-corrected chi connectivity index (χ0v) is 14.3. The predicted octanol–water partition coefficient (Wildman–Crippen LogP) is 2.33. The molecule has 124 valence electrons. The minimum Gasteiger partial charge on any atom is -0.352 e. The molecule has 22 heavy (non-hydrogen) atoms. The first-order chi connectivity index (χ1) is 10.1. The third kappa shape index (κ3) is 5.75. The fourth-order valence-electron chi connectivity index (χ4n) is 1.93. The lowest BCUT2D eigenvalue weighted by Crippen LogP contribution is -2.43. The maximum Gasteiger partial charge on any atom is 0.235 e. The number of benzene rings is 1. The van der Waals surface area contributed by atoms with Gasteiger partial charge in [-0.25, -0.2) is 12.8 Å². The van der Waals surface area contributed by atoms with Gasteiger partial charge >= 0.3 is 0 Å². The largest absolute Gasteiger partial charge is 0.352 e. The minimum atomic E-state index is -3.41. The number of amides is 1. The smallest absolute Gasteiger partial charge is 0.235 e. The van der Waals surface area contributed by atoms with Crippen molar-refractivity contribution in [3.63, 3.8) is 0 Å². The molecule has 1 aromatic rings. The maximum atomic E-state index is 12.9. The first-order valence-electron chi connectivity index (χ1n) is 7.37. The molecule has 4 nitrogen and oxygen atoms in total. The summed E-state index contributed by atoms with van der Waals surface area (Å²) in [5.74, 6) is -1.17. The third-order valence-electron chi connectivity index (χ3n) is 3.57. The van der Waals surface area contributed by atoms with Crippen LogP contribution in [0, 0.1) is 11.7 Å². The molecule has 1 rings (SSSR count). The normalized spacial score (nSPS) is 13.4. The Hall–Kier alpha value is -1.43. The van der Waals surface area contributed by atoms with Crippen molar-refractivity contribution in [2.75, 3.05) is 5.75 Å². The van der Waals surface area contributed by atoms with E-state index in [2.05, 4.69) is 5.32 Å². The molecule has 0 saturated heterocycles. The van der Waals surface area contributed by atoms with E-state index in [4.69, 9.17) is 0 Å². The fourth-order valence-corrected chi connectivity index (χ4v) is 2.71. The van der Waals surface area contributed by atoms with Gasteiger partial charge in [0.05, 0.1) is 5.25 Å². The van der Waals surface area contributed by atoms with Gasteiger partial charge in [0.1, 0.15) is 11.6 Å². The summed E-state index contributed by atoms with van der Waals surface area (Å²) in [5, 5.41) is 2.20. The lowest BCUT2D eigenvalue weighted by Gasteiger charge is -2.23. The quantitative estimate of drug-likeness (QED) is 0.835. The molecule has 0 saturated carbocycles. The van der Waals surface area contributed by atoms with Gasteiger partial charge in [0.2, 0.25) is 5.91 Å². The summed E-state index contributed by atoms with van der Waals surface area (Å²) in [7, 11) is -3.41. The second-order valence-electron chi connectivity index (χ2n) is 6.10. The molecule has 1 amide bonds. The molecule has 1 aromatic carbocycles. The maximum absolute atomic E-state index is 12.9. The van der Waals surface area contributed by atoms with Gasteiger partial charge in [-0.05, 0) is 43.9 Å². The van der Waals surface area contributed by atoms with Crippen LogP contribution in [0.4, 0.5) is 4.39 Å². The highest BCUT2D eigenvalue weighted by atomic mass is 32.2. The summed E-state index contributed by atoms with van der Waals surface area (Å²) in [5.41, 5.74) is 0.895. The summed E-state index contributed by atoms with van der Waals surface area (Å²) in [6.07, 6.45) is 0.533. The monoisotopic (exact) mass is 329 g/mol. The molecule has 1 N–H and O–H groups in total. The number of carbonyl (C=O) groups is 1. The number of sulfone groups is 1. The third-order valence-corrected chi connectivity index (χ3v) is 5.67. The van der Waals surface area contributed by atoms with Crippen molar-refractivity contribution in [2.45, 2.75) is 45.4 Å². The average molecular weight is 329 g/mol. The summed E-state index contributed by atoms with van der Waals surface area (Å²) in [4.78, 5) is 12.0. The van der Waals surface area contributed by atoms with Crippen LogP contribution in [0.3, 0.4) is 0 Å². The molecular formula is C16H24FNO3S. The number of rotatable bonds is 7. The van der Waals surface area contributed by atoms with Crippen LogP contribution in [0.15, 0.2) is 24.3 Å². The number of hydrogen-bond acceptors (Lipinski definition) is 3. The zero-order chi connectivity index (χ0) is 16.9. The fraction of sp³-hybridized carbons (Fsp3) is 0.562. The van der Waals surface area contributed by atoms with Crippen molar-refractivity contribution in [3.05, 3.63) is 35.6 Å². The number of hydrogen-bond donors (Lipinski definition) is 1.